The van der Waals surface area contributed by atoms with Gasteiger partial charge < -0.3 is 0 Å². The van der Waals surface area contributed by atoms with Crippen LogP contribution in [0.2, 0.25) is 0 Å². The maximum absolute atomic E-state index is 8.43. The normalized spacial score (nSPS) is 9.09. The van der Waals surface area contributed by atoms with Crippen molar-refractivity contribution in [1.29, 1.82) is 5.26 Å². The van der Waals surface area contributed by atoms with Crippen molar-refractivity contribution in [2.75, 3.05) is 0 Å². The Morgan fingerprint density at radius 2 is 2.09 bits per heavy atom. The van der Waals surface area contributed by atoms with Crippen LogP contribution in [0.5, 0.6) is 0 Å². The van der Waals surface area contributed by atoms with E-state index in [0.29, 0.717) is 5.56 Å². The predicted molar refractivity (Wildman–Crippen MR) is 40.7 cm³/mol. The number of nitriles is 1. The highest BCUT2D eigenvalue weighted by Crippen LogP contribution is 1.96. The molecule has 3 nitrogen and oxygen atoms in total. The summed E-state index contributed by atoms with van der Waals surface area (Å²) >= 11 is 0. The molecule has 1 aromatic rings. The van der Waals surface area contributed by atoms with E-state index in [1.807, 2.05) is 6.07 Å². The molecule has 0 atom stereocenters. The zero-order chi connectivity index (χ0) is 8.10. The molecule has 0 aromatic carbocycles. The minimum atomic E-state index is 0.518. The molecule has 0 amide bonds. The lowest BCUT2D eigenvalue weighted by molar-refractivity contribution is 0.832. The van der Waals surface area contributed by atoms with E-state index in [9.17, 15) is 0 Å². The van der Waals surface area contributed by atoms with Crippen LogP contribution >= 0.6 is 0 Å². The third-order valence-electron chi connectivity index (χ3n) is 1.31. The number of rotatable bonds is 2. The fraction of sp³-hybridized carbons (Fsp3) is 0.375. The highest BCUT2D eigenvalue weighted by molar-refractivity contribution is 5.21. The Bertz CT molecular complexity index is 258. The molecule has 1 aromatic heterocycles. The molecule has 0 bridgehead atoms. The molecule has 0 saturated carbocycles. The first kappa shape index (κ1) is 7.67. The third kappa shape index (κ3) is 2.01. The van der Waals surface area contributed by atoms with Gasteiger partial charge in [0.25, 0.3) is 0 Å². The molecular formula is C8H9N3. The van der Waals surface area contributed by atoms with Crippen LogP contribution in [0.3, 0.4) is 0 Å². The molecule has 1 rings (SSSR count). The first-order valence-corrected chi connectivity index (χ1v) is 3.58. The molecule has 0 spiro atoms. The number of nitrogens with zero attached hydrogens (tertiary/aromatic N) is 3. The van der Waals surface area contributed by atoms with Gasteiger partial charge in [-0.2, -0.15) is 5.26 Å². The van der Waals surface area contributed by atoms with Crippen LogP contribution in [0, 0.1) is 11.3 Å². The van der Waals surface area contributed by atoms with Gasteiger partial charge in [-0.15, -0.1) is 0 Å². The average Bonchev–Trinajstić information content (AvgIpc) is 2.07. The second-order valence-electron chi connectivity index (χ2n) is 2.25. The van der Waals surface area contributed by atoms with Gasteiger partial charge in [-0.1, -0.05) is 6.92 Å². The zero-order valence-corrected chi connectivity index (χ0v) is 6.41. The summed E-state index contributed by atoms with van der Waals surface area (Å²) in [4.78, 5) is 8.01. The summed E-state index contributed by atoms with van der Waals surface area (Å²) in [6.07, 6.45) is 5.02. The van der Waals surface area contributed by atoms with Gasteiger partial charge in [0.15, 0.2) is 0 Å². The van der Waals surface area contributed by atoms with E-state index in [0.717, 1.165) is 18.7 Å². The third-order valence-corrected chi connectivity index (χ3v) is 1.31. The predicted octanol–water partition coefficient (Wildman–Crippen LogP) is 1.30. The minimum Gasteiger partial charge on any atom is -0.240 e. The van der Waals surface area contributed by atoms with Gasteiger partial charge in [-0.05, 0) is 6.42 Å². The van der Waals surface area contributed by atoms with Gasteiger partial charge in [-0.25, -0.2) is 9.97 Å². The summed E-state index contributed by atoms with van der Waals surface area (Å²) in [7, 11) is 0. The van der Waals surface area contributed by atoms with Crippen LogP contribution in [0.1, 0.15) is 24.7 Å². The van der Waals surface area contributed by atoms with Gasteiger partial charge >= 0.3 is 0 Å². The highest BCUT2D eigenvalue weighted by Gasteiger charge is 1.93. The Kier molecular flexibility index (Phi) is 2.56. The molecule has 0 N–H and O–H groups in total. The standard InChI is InChI=1S/C8H9N3/c1-2-3-8-10-5-7(4-9)6-11-8/h5-6H,2-3H2,1H3. The summed E-state index contributed by atoms with van der Waals surface area (Å²) in [5.41, 5.74) is 0.518. The molecule has 0 unspecified atom stereocenters. The van der Waals surface area contributed by atoms with Crippen molar-refractivity contribution in [2.45, 2.75) is 19.8 Å². The van der Waals surface area contributed by atoms with Crippen molar-refractivity contribution in [2.24, 2.45) is 0 Å². The van der Waals surface area contributed by atoms with Crippen LogP contribution in [0.4, 0.5) is 0 Å². The lowest BCUT2D eigenvalue weighted by atomic mass is 10.3. The van der Waals surface area contributed by atoms with E-state index in [1.54, 1.807) is 12.4 Å². The Labute approximate surface area is 65.7 Å². The lowest BCUT2D eigenvalue weighted by Crippen LogP contribution is -1.93. The maximum Gasteiger partial charge on any atom is 0.128 e. The summed E-state index contributed by atoms with van der Waals surface area (Å²) in [5, 5.41) is 8.43. The number of hydrogen-bond acceptors (Lipinski definition) is 3. The number of aryl methyl sites for hydroxylation is 1. The first-order chi connectivity index (χ1) is 5.36. The Morgan fingerprint density at radius 3 is 2.55 bits per heavy atom. The molecule has 0 aliphatic rings. The molecule has 0 saturated heterocycles. The molecule has 0 radical (unpaired) electrons. The monoisotopic (exact) mass is 147 g/mol. The fourth-order valence-electron chi connectivity index (χ4n) is 0.765. The second-order valence-corrected chi connectivity index (χ2v) is 2.25. The van der Waals surface area contributed by atoms with Crippen molar-refractivity contribution >= 4 is 0 Å². The topological polar surface area (TPSA) is 49.6 Å². The van der Waals surface area contributed by atoms with Gasteiger partial charge in [-0.3, -0.25) is 0 Å². The van der Waals surface area contributed by atoms with Gasteiger partial charge in [0.2, 0.25) is 0 Å². The second kappa shape index (κ2) is 3.67. The van der Waals surface area contributed by atoms with Crippen LogP contribution in [0.25, 0.3) is 0 Å². The highest BCUT2D eigenvalue weighted by atomic mass is 14.9. The summed E-state index contributed by atoms with van der Waals surface area (Å²) < 4.78 is 0. The lowest BCUT2D eigenvalue weighted by Gasteiger charge is -1.93. The summed E-state index contributed by atoms with van der Waals surface area (Å²) in [6.45, 7) is 2.07. The van der Waals surface area contributed by atoms with Crippen molar-refractivity contribution in [3.63, 3.8) is 0 Å². The minimum absolute atomic E-state index is 0.518. The Balaban J connectivity index is 2.76. The van der Waals surface area contributed by atoms with Crippen LogP contribution in [-0.4, -0.2) is 9.97 Å². The van der Waals surface area contributed by atoms with Crippen molar-refractivity contribution in [3.8, 4) is 6.07 Å². The molecular weight excluding hydrogens is 138 g/mol. The van der Waals surface area contributed by atoms with Crippen LogP contribution < -0.4 is 0 Å². The smallest absolute Gasteiger partial charge is 0.128 e. The largest absolute Gasteiger partial charge is 0.240 e. The molecule has 11 heavy (non-hydrogen) atoms. The van der Waals surface area contributed by atoms with Crippen molar-refractivity contribution in [3.05, 3.63) is 23.8 Å². The fourth-order valence-corrected chi connectivity index (χ4v) is 0.765. The van der Waals surface area contributed by atoms with E-state index in [-0.39, 0.29) is 0 Å². The molecule has 56 valence electrons. The first-order valence-electron chi connectivity index (χ1n) is 3.58. The maximum atomic E-state index is 8.43. The van der Waals surface area contributed by atoms with E-state index in [4.69, 9.17) is 5.26 Å². The van der Waals surface area contributed by atoms with Crippen molar-refractivity contribution < 1.29 is 0 Å². The Morgan fingerprint density at radius 1 is 1.45 bits per heavy atom. The molecule has 1 heterocycles. The van der Waals surface area contributed by atoms with E-state index < -0.39 is 0 Å². The number of hydrogen-bond donors (Lipinski definition) is 0. The van der Waals surface area contributed by atoms with Crippen LogP contribution in [-0.2, 0) is 6.42 Å². The van der Waals surface area contributed by atoms with E-state index >= 15 is 0 Å². The molecule has 3 heteroatoms. The summed E-state index contributed by atoms with van der Waals surface area (Å²) in [6, 6.07) is 1.97. The molecule has 0 fully saturated rings. The van der Waals surface area contributed by atoms with Gasteiger partial charge in [0.05, 0.1) is 5.56 Å². The molecule has 0 aliphatic heterocycles. The number of aromatic nitrogens is 2. The van der Waals surface area contributed by atoms with Gasteiger partial charge in [0.1, 0.15) is 11.9 Å². The average molecular weight is 147 g/mol. The summed E-state index contributed by atoms with van der Waals surface area (Å²) in [5.74, 6) is 0.812. The molecule has 0 aliphatic carbocycles. The van der Waals surface area contributed by atoms with E-state index in [2.05, 4.69) is 16.9 Å². The van der Waals surface area contributed by atoms with Gasteiger partial charge in [0, 0.05) is 18.8 Å². The Hall–Kier alpha value is -1.43. The van der Waals surface area contributed by atoms with Crippen molar-refractivity contribution in [1.82, 2.24) is 9.97 Å². The zero-order valence-electron chi connectivity index (χ0n) is 6.41. The quantitative estimate of drug-likeness (QED) is 0.633. The van der Waals surface area contributed by atoms with Crippen LogP contribution in [0.15, 0.2) is 12.4 Å². The SMILES string of the molecule is CCCc1ncc(C#N)cn1. The van der Waals surface area contributed by atoms with E-state index in [1.165, 1.54) is 0 Å².